The molecule has 2 aromatic carbocycles. The average Bonchev–Trinajstić information content (AvgIpc) is 3.23. The Balaban J connectivity index is 1.61. The van der Waals surface area contributed by atoms with Crippen molar-refractivity contribution in [3.05, 3.63) is 58.4 Å². The number of hydrogen-bond acceptors (Lipinski definition) is 6. The Labute approximate surface area is 141 Å². The molecule has 118 valence electrons. The van der Waals surface area contributed by atoms with Gasteiger partial charge in [-0.3, -0.25) is 10.1 Å². The maximum Gasteiger partial charge on any atom is 0.322 e. The zero-order chi connectivity index (χ0) is 16.5. The summed E-state index contributed by atoms with van der Waals surface area (Å²) in [6, 6.07) is 13.3. The summed E-state index contributed by atoms with van der Waals surface area (Å²) in [6.45, 7) is 1.90. The molecule has 0 radical (unpaired) electrons. The first-order valence-electron chi connectivity index (χ1n) is 7.26. The number of rotatable bonds is 3. The number of amides is 1. The van der Waals surface area contributed by atoms with Crippen LogP contribution in [0.15, 0.2) is 52.3 Å². The van der Waals surface area contributed by atoms with Crippen LogP contribution in [0.1, 0.15) is 15.4 Å². The Bertz CT molecular complexity index is 1030. The van der Waals surface area contributed by atoms with Crippen LogP contribution < -0.4 is 5.32 Å². The van der Waals surface area contributed by atoms with E-state index in [-0.39, 0.29) is 17.8 Å². The molecular formula is C17H12N4O2S. The number of anilines is 1. The Morgan fingerprint density at radius 3 is 2.79 bits per heavy atom. The van der Waals surface area contributed by atoms with Gasteiger partial charge in [0.2, 0.25) is 0 Å². The first-order chi connectivity index (χ1) is 11.7. The van der Waals surface area contributed by atoms with E-state index >= 15 is 0 Å². The molecule has 1 amide bonds. The maximum atomic E-state index is 12.5. The van der Waals surface area contributed by atoms with Crippen LogP contribution in [0.2, 0.25) is 0 Å². The molecule has 0 aliphatic heterocycles. The van der Waals surface area contributed by atoms with Crippen LogP contribution in [-0.2, 0) is 0 Å². The summed E-state index contributed by atoms with van der Waals surface area (Å²) >= 11 is 1.49. The number of aromatic nitrogens is 3. The number of carbonyl (C=O) groups is 1. The van der Waals surface area contributed by atoms with Gasteiger partial charge in [-0.15, -0.1) is 16.4 Å². The monoisotopic (exact) mass is 336 g/mol. The summed E-state index contributed by atoms with van der Waals surface area (Å²) in [5, 5.41) is 15.0. The standard InChI is InChI=1S/C17H12N4O2S/c1-10-18-14(9-24-10)16-20-21-17(23-16)19-15(22)13-8-4-6-11-5-2-3-7-12(11)13/h2-9H,1H3,(H,19,21,22). The number of nitrogens with one attached hydrogen (secondary N) is 1. The van der Waals surface area contributed by atoms with E-state index in [4.69, 9.17) is 4.42 Å². The highest BCUT2D eigenvalue weighted by Gasteiger charge is 2.15. The number of fused-ring (bicyclic) bond motifs is 1. The highest BCUT2D eigenvalue weighted by molar-refractivity contribution is 7.09. The van der Waals surface area contributed by atoms with E-state index in [2.05, 4.69) is 20.5 Å². The van der Waals surface area contributed by atoms with Crippen molar-refractivity contribution in [2.45, 2.75) is 6.92 Å². The van der Waals surface area contributed by atoms with Gasteiger partial charge in [0.05, 0.1) is 5.01 Å². The quantitative estimate of drug-likeness (QED) is 0.613. The van der Waals surface area contributed by atoms with E-state index in [1.54, 1.807) is 6.07 Å². The van der Waals surface area contributed by atoms with Gasteiger partial charge in [0.15, 0.2) is 0 Å². The molecule has 7 heteroatoms. The maximum absolute atomic E-state index is 12.5. The van der Waals surface area contributed by atoms with Crippen molar-refractivity contribution in [1.29, 1.82) is 0 Å². The van der Waals surface area contributed by atoms with Crippen molar-refractivity contribution < 1.29 is 9.21 Å². The highest BCUT2D eigenvalue weighted by atomic mass is 32.1. The molecular weight excluding hydrogens is 324 g/mol. The van der Waals surface area contributed by atoms with Gasteiger partial charge in [0.25, 0.3) is 11.8 Å². The third-order valence-electron chi connectivity index (χ3n) is 3.52. The van der Waals surface area contributed by atoms with E-state index in [9.17, 15) is 4.79 Å². The molecule has 0 saturated carbocycles. The van der Waals surface area contributed by atoms with Crippen molar-refractivity contribution >= 4 is 34.0 Å². The van der Waals surface area contributed by atoms with Gasteiger partial charge in [-0.2, -0.15) is 0 Å². The molecule has 0 saturated heterocycles. The van der Waals surface area contributed by atoms with E-state index in [1.807, 2.05) is 48.7 Å². The minimum Gasteiger partial charge on any atom is -0.401 e. The van der Waals surface area contributed by atoms with Crippen molar-refractivity contribution in [2.75, 3.05) is 5.32 Å². The van der Waals surface area contributed by atoms with Gasteiger partial charge in [-0.25, -0.2) is 4.98 Å². The molecule has 0 fully saturated rings. The molecule has 0 atom stereocenters. The zero-order valence-corrected chi connectivity index (χ0v) is 13.5. The van der Waals surface area contributed by atoms with Crippen molar-refractivity contribution in [1.82, 2.24) is 15.2 Å². The van der Waals surface area contributed by atoms with Crippen LogP contribution in [0.3, 0.4) is 0 Å². The molecule has 0 bridgehead atoms. The first-order valence-corrected chi connectivity index (χ1v) is 8.14. The number of aryl methyl sites for hydroxylation is 1. The molecule has 0 aliphatic carbocycles. The molecule has 4 aromatic rings. The first kappa shape index (κ1) is 14.5. The lowest BCUT2D eigenvalue weighted by Crippen LogP contribution is -2.12. The SMILES string of the molecule is Cc1nc(-c2nnc(NC(=O)c3cccc4ccccc34)o2)cs1. The fourth-order valence-corrected chi connectivity index (χ4v) is 3.01. The van der Waals surface area contributed by atoms with Crippen LogP contribution >= 0.6 is 11.3 Å². The normalized spacial score (nSPS) is 10.9. The highest BCUT2D eigenvalue weighted by Crippen LogP contribution is 2.23. The lowest BCUT2D eigenvalue weighted by atomic mass is 10.0. The fourth-order valence-electron chi connectivity index (χ4n) is 2.43. The molecule has 0 aliphatic rings. The molecule has 6 nitrogen and oxygen atoms in total. The van der Waals surface area contributed by atoms with Crippen LogP contribution in [0.25, 0.3) is 22.4 Å². The summed E-state index contributed by atoms with van der Waals surface area (Å²) in [4.78, 5) is 16.8. The minimum atomic E-state index is -0.295. The van der Waals surface area contributed by atoms with Crippen LogP contribution in [0, 0.1) is 6.92 Å². The Morgan fingerprint density at radius 2 is 1.96 bits per heavy atom. The van der Waals surface area contributed by atoms with Gasteiger partial charge in [0, 0.05) is 10.9 Å². The molecule has 0 spiro atoms. The summed E-state index contributed by atoms with van der Waals surface area (Å²) in [5.74, 6) is -0.0102. The Morgan fingerprint density at radius 1 is 1.12 bits per heavy atom. The summed E-state index contributed by atoms with van der Waals surface area (Å²) in [7, 11) is 0. The smallest absolute Gasteiger partial charge is 0.322 e. The number of carbonyl (C=O) groups excluding carboxylic acids is 1. The van der Waals surface area contributed by atoms with Crippen LogP contribution in [0.4, 0.5) is 6.01 Å². The second kappa shape index (κ2) is 5.86. The molecule has 2 aromatic heterocycles. The lowest BCUT2D eigenvalue weighted by Gasteiger charge is -2.05. The van der Waals surface area contributed by atoms with Gasteiger partial charge in [0.1, 0.15) is 5.69 Å². The third-order valence-corrected chi connectivity index (χ3v) is 4.29. The molecule has 24 heavy (non-hydrogen) atoms. The average molecular weight is 336 g/mol. The second-order valence-electron chi connectivity index (χ2n) is 5.14. The van der Waals surface area contributed by atoms with Crippen molar-refractivity contribution in [3.63, 3.8) is 0 Å². The van der Waals surface area contributed by atoms with E-state index in [0.29, 0.717) is 11.3 Å². The second-order valence-corrected chi connectivity index (χ2v) is 6.21. The topological polar surface area (TPSA) is 80.9 Å². The number of hydrogen-bond donors (Lipinski definition) is 1. The van der Waals surface area contributed by atoms with Crippen LogP contribution in [-0.4, -0.2) is 21.1 Å². The number of benzene rings is 2. The Kier molecular flexibility index (Phi) is 3.55. The van der Waals surface area contributed by atoms with Gasteiger partial charge in [-0.1, -0.05) is 41.5 Å². The number of nitrogens with zero attached hydrogens (tertiary/aromatic N) is 3. The fraction of sp³-hybridized carbons (Fsp3) is 0.0588. The molecule has 4 rings (SSSR count). The zero-order valence-electron chi connectivity index (χ0n) is 12.7. The van der Waals surface area contributed by atoms with E-state index < -0.39 is 0 Å². The number of thiazole rings is 1. The predicted molar refractivity (Wildman–Crippen MR) is 92.0 cm³/mol. The van der Waals surface area contributed by atoms with Gasteiger partial charge < -0.3 is 4.42 Å². The molecule has 0 unspecified atom stereocenters. The Hall–Kier alpha value is -3.06. The van der Waals surface area contributed by atoms with Gasteiger partial charge in [-0.05, 0) is 23.8 Å². The predicted octanol–water partition coefficient (Wildman–Crippen LogP) is 3.91. The molecule has 2 heterocycles. The van der Waals surface area contributed by atoms with Crippen molar-refractivity contribution in [3.8, 4) is 11.6 Å². The summed E-state index contributed by atoms with van der Waals surface area (Å²) < 4.78 is 5.48. The largest absolute Gasteiger partial charge is 0.401 e. The summed E-state index contributed by atoms with van der Waals surface area (Å²) in [6.07, 6.45) is 0. The molecule has 1 N–H and O–H groups in total. The summed E-state index contributed by atoms with van der Waals surface area (Å²) in [5.41, 5.74) is 1.16. The van der Waals surface area contributed by atoms with Crippen LogP contribution in [0.5, 0.6) is 0 Å². The van der Waals surface area contributed by atoms with Gasteiger partial charge >= 0.3 is 6.01 Å². The lowest BCUT2D eigenvalue weighted by molar-refractivity contribution is 0.102. The van der Waals surface area contributed by atoms with Crippen molar-refractivity contribution in [2.24, 2.45) is 0 Å². The van der Waals surface area contributed by atoms with E-state index in [1.165, 1.54) is 11.3 Å². The van der Waals surface area contributed by atoms with E-state index in [0.717, 1.165) is 15.8 Å². The minimum absolute atomic E-state index is 0.0496. The third kappa shape index (κ3) is 2.65.